The Balaban J connectivity index is 1.73. The first-order chi connectivity index (χ1) is 10.8. The van der Waals surface area contributed by atoms with Gasteiger partial charge < -0.3 is 19.7 Å². The van der Waals surface area contributed by atoms with E-state index in [-0.39, 0.29) is 18.6 Å². The minimum Gasteiger partial charge on any atom is -0.472 e. The third-order valence-electron chi connectivity index (χ3n) is 3.21. The molecule has 2 amide bonds. The van der Waals surface area contributed by atoms with Crippen LogP contribution in [0.15, 0.2) is 24.4 Å². The van der Waals surface area contributed by atoms with Crippen LogP contribution in [0.4, 0.5) is 4.79 Å². The third-order valence-corrected chi connectivity index (χ3v) is 3.21. The molecule has 1 atom stereocenters. The van der Waals surface area contributed by atoms with E-state index in [1.54, 1.807) is 37.9 Å². The molecule has 0 saturated carbocycles. The predicted molar refractivity (Wildman–Crippen MR) is 84.1 cm³/mol. The first kappa shape index (κ1) is 17.1. The molecule has 1 unspecified atom stereocenters. The highest BCUT2D eigenvalue weighted by molar-refractivity contribution is 5.82. The average molecular weight is 321 g/mol. The number of nitrogens with zero attached hydrogens (tertiary/aromatic N) is 2. The van der Waals surface area contributed by atoms with Crippen molar-refractivity contribution in [2.24, 2.45) is 0 Å². The zero-order valence-corrected chi connectivity index (χ0v) is 13.7. The zero-order valence-electron chi connectivity index (χ0n) is 13.7. The lowest BCUT2D eigenvalue weighted by Gasteiger charge is -2.21. The minimum absolute atomic E-state index is 0.0737. The highest BCUT2D eigenvalue weighted by Crippen LogP contribution is 2.16. The van der Waals surface area contributed by atoms with E-state index in [9.17, 15) is 9.59 Å². The standard InChI is InChI=1S/C16H23N3O4/c1-16(2,3)23-15(21)18-10-14(20)19-9-7-12(11-19)22-13-6-4-5-8-17-13/h4-6,8,12H,7,9-11H2,1-3H3,(H,18,21). The summed E-state index contributed by atoms with van der Waals surface area (Å²) in [6, 6.07) is 5.46. The maximum atomic E-state index is 12.1. The van der Waals surface area contributed by atoms with Gasteiger partial charge in [0.2, 0.25) is 11.8 Å². The van der Waals surface area contributed by atoms with Crippen molar-refractivity contribution in [3.05, 3.63) is 24.4 Å². The van der Waals surface area contributed by atoms with Gasteiger partial charge in [0.25, 0.3) is 0 Å². The van der Waals surface area contributed by atoms with Crippen LogP contribution in [0, 0.1) is 0 Å². The average Bonchev–Trinajstić information content (AvgIpc) is 2.92. The van der Waals surface area contributed by atoms with E-state index in [1.165, 1.54) is 0 Å². The summed E-state index contributed by atoms with van der Waals surface area (Å²) in [5.41, 5.74) is -0.581. The summed E-state index contributed by atoms with van der Waals surface area (Å²) in [6.07, 6.45) is 1.74. The number of nitrogens with one attached hydrogen (secondary N) is 1. The molecular formula is C16H23N3O4. The molecule has 0 aliphatic carbocycles. The van der Waals surface area contributed by atoms with Crippen molar-refractivity contribution in [3.63, 3.8) is 0 Å². The number of pyridine rings is 1. The first-order valence-electron chi connectivity index (χ1n) is 7.66. The molecule has 1 aromatic heterocycles. The lowest BCUT2D eigenvalue weighted by molar-refractivity contribution is -0.129. The highest BCUT2D eigenvalue weighted by atomic mass is 16.6. The summed E-state index contributed by atoms with van der Waals surface area (Å²) in [5.74, 6) is 0.404. The fourth-order valence-corrected chi connectivity index (χ4v) is 2.21. The van der Waals surface area contributed by atoms with E-state index in [4.69, 9.17) is 9.47 Å². The fourth-order valence-electron chi connectivity index (χ4n) is 2.21. The van der Waals surface area contributed by atoms with Crippen LogP contribution in [0.1, 0.15) is 27.2 Å². The lowest BCUT2D eigenvalue weighted by Crippen LogP contribution is -2.41. The summed E-state index contributed by atoms with van der Waals surface area (Å²) in [6.45, 7) is 6.33. The molecule has 23 heavy (non-hydrogen) atoms. The van der Waals surface area contributed by atoms with Gasteiger partial charge in [-0.15, -0.1) is 0 Å². The molecule has 0 aromatic carbocycles. The molecular weight excluding hydrogens is 298 g/mol. The molecule has 1 aromatic rings. The minimum atomic E-state index is -0.591. The smallest absolute Gasteiger partial charge is 0.408 e. The van der Waals surface area contributed by atoms with Crippen molar-refractivity contribution < 1.29 is 19.1 Å². The molecule has 1 aliphatic heterocycles. The van der Waals surface area contributed by atoms with Crippen molar-refractivity contribution in [2.75, 3.05) is 19.6 Å². The SMILES string of the molecule is CC(C)(C)OC(=O)NCC(=O)N1CCC(Oc2ccccn2)C1. The van der Waals surface area contributed by atoms with E-state index >= 15 is 0 Å². The van der Waals surface area contributed by atoms with Gasteiger partial charge in [0, 0.05) is 25.2 Å². The van der Waals surface area contributed by atoms with Crippen molar-refractivity contribution >= 4 is 12.0 Å². The number of carbonyl (C=O) groups is 2. The van der Waals surface area contributed by atoms with Gasteiger partial charge in [0.05, 0.1) is 6.54 Å². The van der Waals surface area contributed by atoms with Gasteiger partial charge in [-0.05, 0) is 26.8 Å². The van der Waals surface area contributed by atoms with Crippen LogP contribution >= 0.6 is 0 Å². The molecule has 0 bridgehead atoms. The number of carbonyl (C=O) groups excluding carboxylic acids is 2. The second kappa shape index (κ2) is 7.30. The number of alkyl carbamates (subject to hydrolysis) is 1. The first-order valence-corrected chi connectivity index (χ1v) is 7.66. The molecule has 1 aliphatic rings. The Labute approximate surface area is 136 Å². The van der Waals surface area contributed by atoms with Crippen LogP contribution in [0.3, 0.4) is 0 Å². The Bertz CT molecular complexity index is 542. The topological polar surface area (TPSA) is 80.8 Å². The lowest BCUT2D eigenvalue weighted by atomic mass is 10.2. The molecule has 7 nitrogen and oxygen atoms in total. The Hall–Kier alpha value is -2.31. The van der Waals surface area contributed by atoms with E-state index in [2.05, 4.69) is 10.3 Å². The Morgan fingerprint density at radius 2 is 2.17 bits per heavy atom. The quantitative estimate of drug-likeness (QED) is 0.911. The zero-order chi connectivity index (χ0) is 16.9. The second-order valence-corrected chi connectivity index (χ2v) is 6.39. The van der Waals surface area contributed by atoms with E-state index < -0.39 is 11.7 Å². The number of likely N-dealkylation sites (tertiary alicyclic amines) is 1. The van der Waals surface area contributed by atoms with E-state index in [1.807, 2.05) is 12.1 Å². The van der Waals surface area contributed by atoms with Gasteiger partial charge in [-0.2, -0.15) is 0 Å². The summed E-state index contributed by atoms with van der Waals surface area (Å²) in [5, 5.41) is 2.47. The molecule has 0 radical (unpaired) electrons. The summed E-state index contributed by atoms with van der Waals surface area (Å²) >= 11 is 0. The Kier molecular flexibility index (Phi) is 5.41. The van der Waals surface area contributed by atoms with Crippen molar-refractivity contribution in [1.82, 2.24) is 15.2 Å². The number of hydrogen-bond donors (Lipinski definition) is 1. The molecule has 2 rings (SSSR count). The molecule has 7 heteroatoms. The second-order valence-electron chi connectivity index (χ2n) is 6.39. The van der Waals surface area contributed by atoms with Crippen LogP contribution in [0.2, 0.25) is 0 Å². The summed E-state index contributed by atoms with van der Waals surface area (Å²) < 4.78 is 10.8. The largest absolute Gasteiger partial charge is 0.472 e. The maximum absolute atomic E-state index is 12.1. The fraction of sp³-hybridized carbons (Fsp3) is 0.562. The third kappa shape index (κ3) is 5.77. The van der Waals surface area contributed by atoms with Gasteiger partial charge in [-0.3, -0.25) is 4.79 Å². The number of amides is 2. The Morgan fingerprint density at radius 3 is 2.83 bits per heavy atom. The predicted octanol–water partition coefficient (Wildman–Crippen LogP) is 1.59. The number of rotatable bonds is 4. The summed E-state index contributed by atoms with van der Waals surface area (Å²) in [4.78, 5) is 29.4. The molecule has 0 spiro atoms. The number of ether oxygens (including phenoxy) is 2. The van der Waals surface area contributed by atoms with Crippen molar-refractivity contribution in [1.29, 1.82) is 0 Å². The van der Waals surface area contributed by atoms with Crippen molar-refractivity contribution in [2.45, 2.75) is 38.9 Å². The van der Waals surface area contributed by atoms with Crippen LogP contribution in [-0.4, -0.2) is 53.2 Å². The molecule has 1 saturated heterocycles. The van der Waals surface area contributed by atoms with Gasteiger partial charge in [-0.25, -0.2) is 9.78 Å². The van der Waals surface area contributed by atoms with Gasteiger partial charge in [0.1, 0.15) is 18.2 Å². The maximum Gasteiger partial charge on any atom is 0.408 e. The van der Waals surface area contributed by atoms with Gasteiger partial charge in [0.15, 0.2) is 0 Å². The normalized spacial score (nSPS) is 17.7. The Morgan fingerprint density at radius 1 is 1.39 bits per heavy atom. The molecule has 1 fully saturated rings. The molecule has 2 heterocycles. The summed E-state index contributed by atoms with van der Waals surface area (Å²) in [7, 11) is 0. The van der Waals surface area contributed by atoms with E-state index in [0.29, 0.717) is 19.0 Å². The molecule has 1 N–H and O–H groups in total. The number of hydrogen-bond acceptors (Lipinski definition) is 5. The highest BCUT2D eigenvalue weighted by Gasteiger charge is 2.28. The van der Waals surface area contributed by atoms with Crippen LogP contribution in [-0.2, 0) is 9.53 Å². The van der Waals surface area contributed by atoms with Crippen LogP contribution in [0.5, 0.6) is 5.88 Å². The van der Waals surface area contributed by atoms with Gasteiger partial charge >= 0.3 is 6.09 Å². The van der Waals surface area contributed by atoms with Gasteiger partial charge in [-0.1, -0.05) is 6.07 Å². The monoisotopic (exact) mass is 321 g/mol. The van der Waals surface area contributed by atoms with Crippen LogP contribution in [0.25, 0.3) is 0 Å². The van der Waals surface area contributed by atoms with Crippen LogP contribution < -0.4 is 10.1 Å². The number of aromatic nitrogens is 1. The van der Waals surface area contributed by atoms with E-state index in [0.717, 1.165) is 6.42 Å². The van der Waals surface area contributed by atoms with Crippen molar-refractivity contribution in [3.8, 4) is 5.88 Å². The molecule has 126 valence electrons.